The standard InChI is InChI=1S/C16H22N4O2/c1-19-9-2-5-16(15(19)22)6-10-20(12-16)14(21)4-3-13-11-17-7-8-18-13/h7-8,11H,2-6,9-10,12H2,1H3. The predicted octanol–water partition coefficient (Wildman–Crippen LogP) is 0.880. The zero-order chi connectivity index (χ0) is 15.6. The second-order valence-corrected chi connectivity index (χ2v) is 6.37. The highest BCUT2D eigenvalue weighted by molar-refractivity contribution is 5.86. The number of likely N-dealkylation sites (tertiary alicyclic amines) is 2. The average Bonchev–Trinajstić information content (AvgIpc) is 2.97. The zero-order valence-corrected chi connectivity index (χ0v) is 13.0. The summed E-state index contributed by atoms with van der Waals surface area (Å²) in [6.45, 7) is 2.11. The van der Waals surface area contributed by atoms with E-state index in [2.05, 4.69) is 9.97 Å². The predicted molar refractivity (Wildman–Crippen MR) is 80.9 cm³/mol. The summed E-state index contributed by atoms with van der Waals surface area (Å²) in [4.78, 5) is 36.7. The number of nitrogens with zero attached hydrogens (tertiary/aromatic N) is 4. The molecule has 1 atom stereocenters. The summed E-state index contributed by atoms with van der Waals surface area (Å²) in [6.07, 6.45) is 8.73. The van der Waals surface area contributed by atoms with E-state index in [-0.39, 0.29) is 17.2 Å². The third-order valence-electron chi connectivity index (χ3n) is 4.87. The largest absolute Gasteiger partial charge is 0.345 e. The van der Waals surface area contributed by atoms with E-state index < -0.39 is 0 Å². The monoisotopic (exact) mass is 302 g/mol. The Bertz CT molecular complexity index is 563. The van der Waals surface area contributed by atoms with Crippen molar-refractivity contribution in [2.45, 2.75) is 32.1 Å². The lowest BCUT2D eigenvalue weighted by atomic mass is 9.78. The number of carbonyl (C=O) groups excluding carboxylic acids is 2. The number of aromatic nitrogens is 2. The fraction of sp³-hybridized carbons (Fsp3) is 0.625. The third-order valence-corrected chi connectivity index (χ3v) is 4.87. The van der Waals surface area contributed by atoms with Crippen LogP contribution in [-0.2, 0) is 16.0 Å². The molecular weight excluding hydrogens is 280 g/mol. The minimum atomic E-state index is -0.324. The van der Waals surface area contributed by atoms with Crippen molar-refractivity contribution in [3.63, 3.8) is 0 Å². The Hall–Kier alpha value is -1.98. The summed E-state index contributed by atoms with van der Waals surface area (Å²) >= 11 is 0. The van der Waals surface area contributed by atoms with E-state index in [1.165, 1.54) is 0 Å². The molecule has 3 heterocycles. The first kappa shape index (κ1) is 14.9. The van der Waals surface area contributed by atoms with Gasteiger partial charge < -0.3 is 9.80 Å². The molecule has 1 aromatic rings. The van der Waals surface area contributed by atoms with Crippen molar-refractivity contribution in [3.8, 4) is 0 Å². The Balaban J connectivity index is 1.58. The Morgan fingerprint density at radius 3 is 2.95 bits per heavy atom. The minimum absolute atomic E-state index is 0.114. The number of carbonyl (C=O) groups is 2. The van der Waals surface area contributed by atoms with Crippen LogP contribution in [0.25, 0.3) is 0 Å². The maximum absolute atomic E-state index is 12.5. The molecule has 2 amide bonds. The van der Waals surface area contributed by atoms with Crippen LogP contribution in [-0.4, -0.2) is 58.3 Å². The highest BCUT2D eigenvalue weighted by Crippen LogP contribution is 2.39. The Labute approximate surface area is 130 Å². The van der Waals surface area contributed by atoms with Gasteiger partial charge in [0.2, 0.25) is 11.8 Å². The van der Waals surface area contributed by atoms with Gasteiger partial charge in [-0.2, -0.15) is 0 Å². The first-order valence-electron chi connectivity index (χ1n) is 7.89. The van der Waals surface area contributed by atoms with Gasteiger partial charge in [-0.1, -0.05) is 0 Å². The van der Waals surface area contributed by atoms with Crippen LogP contribution in [0.15, 0.2) is 18.6 Å². The van der Waals surface area contributed by atoms with Crippen molar-refractivity contribution in [2.75, 3.05) is 26.7 Å². The van der Waals surface area contributed by atoms with Gasteiger partial charge in [-0.05, 0) is 25.7 Å². The lowest BCUT2D eigenvalue weighted by molar-refractivity contribution is -0.144. The van der Waals surface area contributed by atoms with Crippen molar-refractivity contribution < 1.29 is 9.59 Å². The molecule has 1 unspecified atom stereocenters. The highest BCUT2D eigenvalue weighted by atomic mass is 16.2. The van der Waals surface area contributed by atoms with Gasteiger partial charge in [0.25, 0.3) is 0 Å². The Morgan fingerprint density at radius 2 is 2.18 bits per heavy atom. The second kappa shape index (κ2) is 6.02. The molecule has 2 fully saturated rings. The van der Waals surface area contributed by atoms with Gasteiger partial charge in [0.15, 0.2) is 0 Å². The van der Waals surface area contributed by atoms with Gasteiger partial charge in [0.05, 0.1) is 11.1 Å². The van der Waals surface area contributed by atoms with E-state index >= 15 is 0 Å². The molecule has 0 bridgehead atoms. The molecule has 22 heavy (non-hydrogen) atoms. The van der Waals surface area contributed by atoms with Crippen molar-refractivity contribution in [1.29, 1.82) is 0 Å². The molecule has 1 spiro atoms. The van der Waals surface area contributed by atoms with Crippen molar-refractivity contribution in [3.05, 3.63) is 24.3 Å². The summed E-state index contributed by atoms with van der Waals surface area (Å²) in [7, 11) is 1.86. The summed E-state index contributed by atoms with van der Waals surface area (Å²) in [5.41, 5.74) is 0.508. The number of hydrogen-bond acceptors (Lipinski definition) is 4. The molecule has 3 rings (SSSR count). The lowest BCUT2D eigenvalue weighted by Gasteiger charge is -2.37. The second-order valence-electron chi connectivity index (χ2n) is 6.37. The maximum Gasteiger partial charge on any atom is 0.230 e. The molecule has 2 saturated heterocycles. The Morgan fingerprint density at radius 1 is 1.32 bits per heavy atom. The van der Waals surface area contributed by atoms with Crippen molar-refractivity contribution in [1.82, 2.24) is 19.8 Å². The Kier molecular flexibility index (Phi) is 4.09. The first-order chi connectivity index (χ1) is 10.6. The quantitative estimate of drug-likeness (QED) is 0.831. The molecular formula is C16H22N4O2. The van der Waals surface area contributed by atoms with Gasteiger partial charge in [-0.15, -0.1) is 0 Å². The summed E-state index contributed by atoms with van der Waals surface area (Å²) < 4.78 is 0. The molecule has 2 aliphatic rings. The fourth-order valence-corrected chi connectivity index (χ4v) is 3.58. The van der Waals surface area contributed by atoms with Crippen molar-refractivity contribution in [2.24, 2.45) is 5.41 Å². The molecule has 118 valence electrons. The number of piperidine rings is 1. The minimum Gasteiger partial charge on any atom is -0.345 e. The molecule has 0 aromatic carbocycles. The van der Waals surface area contributed by atoms with Crippen LogP contribution >= 0.6 is 0 Å². The van der Waals surface area contributed by atoms with Gasteiger partial charge in [0, 0.05) is 51.7 Å². The molecule has 0 radical (unpaired) electrons. The van der Waals surface area contributed by atoms with E-state index in [4.69, 9.17) is 0 Å². The van der Waals surface area contributed by atoms with Gasteiger partial charge in [-0.25, -0.2) is 0 Å². The summed E-state index contributed by atoms with van der Waals surface area (Å²) in [6, 6.07) is 0. The number of aryl methyl sites for hydroxylation is 1. The fourth-order valence-electron chi connectivity index (χ4n) is 3.58. The zero-order valence-electron chi connectivity index (χ0n) is 13.0. The number of rotatable bonds is 3. The third kappa shape index (κ3) is 2.82. The lowest BCUT2D eigenvalue weighted by Crippen LogP contribution is -2.48. The molecule has 6 nitrogen and oxygen atoms in total. The topological polar surface area (TPSA) is 66.4 Å². The maximum atomic E-state index is 12.5. The van der Waals surface area contributed by atoms with Crippen molar-refractivity contribution >= 4 is 11.8 Å². The molecule has 2 aliphatic heterocycles. The first-order valence-corrected chi connectivity index (χ1v) is 7.89. The van der Waals surface area contributed by atoms with Gasteiger partial charge in [-0.3, -0.25) is 19.6 Å². The molecule has 6 heteroatoms. The van der Waals surface area contributed by atoms with Crippen LogP contribution in [0, 0.1) is 5.41 Å². The summed E-state index contributed by atoms with van der Waals surface area (Å²) in [5, 5.41) is 0. The molecule has 0 saturated carbocycles. The average molecular weight is 302 g/mol. The van der Waals surface area contributed by atoms with E-state index in [0.29, 0.717) is 25.9 Å². The molecule has 1 aromatic heterocycles. The van der Waals surface area contributed by atoms with Crippen LogP contribution < -0.4 is 0 Å². The van der Waals surface area contributed by atoms with Crippen LogP contribution in [0.3, 0.4) is 0 Å². The van der Waals surface area contributed by atoms with E-state index in [1.807, 2.05) is 16.8 Å². The van der Waals surface area contributed by atoms with Crippen LogP contribution in [0.5, 0.6) is 0 Å². The van der Waals surface area contributed by atoms with E-state index in [0.717, 1.165) is 31.5 Å². The van der Waals surface area contributed by atoms with Gasteiger partial charge in [0.1, 0.15) is 0 Å². The molecule has 0 N–H and O–H groups in total. The normalized spacial score (nSPS) is 25.0. The number of amides is 2. The van der Waals surface area contributed by atoms with E-state index in [9.17, 15) is 9.59 Å². The van der Waals surface area contributed by atoms with Crippen LogP contribution in [0.2, 0.25) is 0 Å². The SMILES string of the molecule is CN1CCCC2(CCN(C(=O)CCc3cnccn3)C2)C1=O. The smallest absolute Gasteiger partial charge is 0.230 e. The molecule has 0 aliphatic carbocycles. The van der Waals surface area contributed by atoms with Crippen LogP contribution in [0.4, 0.5) is 0 Å². The summed E-state index contributed by atoms with van der Waals surface area (Å²) in [5.74, 6) is 0.325. The highest BCUT2D eigenvalue weighted by Gasteiger charge is 2.48. The van der Waals surface area contributed by atoms with Crippen LogP contribution in [0.1, 0.15) is 31.4 Å². The number of hydrogen-bond donors (Lipinski definition) is 0. The van der Waals surface area contributed by atoms with E-state index in [1.54, 1.807) is 18.6 Å². The van der Waals surface area contributed by atoms with Gasteiger partial charge >= 0.3 is 0 Å².